The van der Waals surface area contributed by atoms with E-state index in [0.29, 0.717) is 78.9 Å². The fourth-order valence-corrected chi connectivity index (χ4v) is 10.2. The number of hydrogen-bond donors (Lipinski definition) is 1. The minimum absolute atomic E-state index is 0.218. The molecule has 4 aromatic rings. The number of rotatable bonds is 29. The van der Waals surface area contributed by atoms with Crippen molar-refractivity contribution >= 4 is 28.3 Å². The Balaban J connectivity index is 1.32. The van der Waals surface area contributed by atoms with Gasteiger partial charge in [0.15, 0.2) is 0 Å². The maximum atomic E-state index is 11.7. The molecule has 1 unspecified atom stereocenters. The average Bonchev–Trinajstić information content (AvgIpc) is 3.70. The molecule has 0 spiro atoms. The van der Waals surface area contributed by atoms with Crippen molar-refractivity contribution in [3.05, 3.63) is 124 Å². The van der Waals surface area contributed by atoms with Gasteiger partial charge >= 0.3 is 0 Å². The third kappa shape index (κ3) is 12.0. The maximum Gasteiger partial charge on any atom is 0.264 e. The van der Waals surface area contributed by atoms with Crippen LogP contribution in [0.15, 0.2) is 79.4 Å². The topological polar surface area (TPSA) is 110 Å². The summed E-state index contributed by atoms with van der Waals surface area (Å²) in [6.45, 7) is 13.8. The largest absolute Gasteiger partial charge is 0.382 e. The van der Waals surface area contributed by atoms with Gasteiger partial charge in [-0.15, -0.1) is 0 Å². The van der Waals surface area contributed by atoms with Crippen molar-refractivity contribution in [1.29, 1.82) is 0 Å². The standard InChI is InChI=1S/C53H68O9S/c1-6-8-21-52(22-9-10-35-63(54,55)56)48-36-40(3)11-17-44(48)46-19-15-42(38-50(46)52)12-13-43-16-20-47-45-18-14-41(7-2)37-49(45)53(51(47)39-43,23-25-59-31-33-61-29-27-57-4)24-26-60-32-34-62-30-28-58-5/h7,11-20,36-39H,2,6,8-10,21-35H2,1,3-5H3,(H,54,55,56). The van der Waals surface area contributed by atoms with Gasteiger partial charge in [-0.25, -0.2) is 0 Å². The first-order valence-corrected chi connectivity index (χ1v) is 24.3. The number of hydrogen-bond acceptors (Lipinski definition) is 8. The summed E-state index contributed by atoms with van der Waals surface area (Å²) in [4.78, 5) is 0. The van der Waals surface area contributed by atoms with Crippen LogP contribution < -0.4 is 0 Å². The van der Waals surface area contributed by atoms with Gasteiger partial charge in [-0.1, -0.05) is 129 Å². The summed E-state index contributed by atoms with van der Waals surface area (Å²) >= 11 is 0. The molecule has 0 heterocycles. The molecule has 1 N–H and O–H groups in total. The van der Waals surface area contributed by atoms with E-state index >= 15 is 0 Å². The quantitative estimate of drug-likeness (QED) is 0.0324. The summed E-state index contributed by atoms with van der Waals surface area (Å²) in [5, 5.41) is 0. The number of benzene rings is 4. The molecule has 10 heteroatoms. The molecular formula is C53H68O9S. The Morgan fingerprint density at radius 2 is 0.952 bits per heavy atom. The first-order chi connectivity index (χ1) is 30.6. The van der Waals surface area contributed by atoms with E-state index in [1.165, 1.54) is 50.1 Å². The Morgan fingerprint density at radius 1 is 0.540 bits per heavy atom. The van der Waals surface area contributed by atoms with Crippen LogP contribution in [0.1, 0.15) is 103 Å². The van der Waals surface area contributed by atoms with E-state index < -0.39 is 10.1 Å². The van der Waals surface area contributed by atoms with E-state index in [-0.39, 0.29) is 16.6 Å². The molecular weight excluding hydrogens is 813 g/mol. The fourth-order valence-electron chi connectivity index (χ4n) is 9.62. The molecule has 0 bridgehead atoms. The molecule has 0 aliphatic heterocycles. The molecule has 6 rings (SSSR count). The second-order valence-corrected chi connectivity index (χ2v) is 18.5. The van der Waals surface area contributed by atoms with Crippen molar-refractivity contribution in [2.24, 2.45) is 0 Å². The monoisotopic (exact) mass is 880 g/mol. The molecule has 63 heavy (non-hydrogen) atoms. The fraction of sp³-hybridized carbons (Fsp3) is 0.472. The van der Waals surface area contributed by atoms with E-state index in [1.54, 1.807) is 14.2 Å². The highest BCUT2D eigenvalue weighted by molar-refractivity contribution is 7.85. The molecule has 2 aliphatic carbocycles. The summed E-state index contributed by atoms with van der Waals surface area (Å²) < 4.78 is 67.0. The van der Waals surface area contributed by atoms with E-state index in [4.69, 9.17) is 28.4 Å². The molecule has 0 radical (unpaired) electrons. The molecule has 0 amide bonds. The average molecular weight is 881 g/mol. The van der Waals surface area contributed by atoms with Crippen LogP contribution in [-0.4, -0.2) is 99.0 Å². The molecule has 340 valence electrons. The lowest BCUT2D eigenvalue weighted by molar-refractivity contribution is 0.0145. The number of ether oxygens (including phenoxy) is 6. The second-order valence-electron chi connectivity index (χ2n) is 16.9. The normalized spacial score (nSPS) is 16.0. The van der Waals surface area contributed by atoms with Gasteiger partial charge in [0.1, 0.15) is 0 Å². The molecule has 0 fully saturated rings. The minimum atomic E-state index is -4.02. The molecule has 1 atom stereocenters. The first-order valence-electron chi connectivity index (χ1n) is 22.7. The number of methoxy groups -OCH3 is 2. The number of aryl methyl sites for hydroxylation is 1. The van der Waals surface area contributed by atoms with Gasteiger partial charge in [0.2, 0.25) is 0 Å². The van der Waals surface area contributed by atoms with Gasteiger partial charge in [0.05, 0.1) is 58.6 Å². The van der Waals surface area contributed by atoms with Gasteiger partial charge in [-0.2, -0.15) is 8.42 Å². The lowest BCUT2D eigenvalue weighted by atomic mass is 9.70. The molecule has 9 nitrogen and oxygen atoms in total. The van der Waals surface area contributed by atoms with Crippen molar-refractivity contribution in [2.75, 3.05) is 86.0 Å². The van der Waals surface area contributed by atoms with Gasteiger partial charge in [0, 0.05) is 38.3 Å². The van der Waals surface area contributed by atoms with Crippen molar-refractivity contribution in [3.63, 3.8) is 0 Å². The zero-order chi connectivity index (χ0) is 44.7. The Bertz CT molecular complexity index is 2240. The van der Waals surface area contributed by atoms with E-state index in [9.17, 15) is 13.0 Å². The summed E-state index contributed by atoms with van der Waals surface area (Å²) in [5.41, 5.74) is 14.0. The SMILES string of the molecule is C=Cc1ccc2c(c1)C(CCOCCOCCOC)(CCOCCOCCOC)c1cc(C=Cc3ccc4c(c3)C(CCCC)(CCCCS(=O)(=O)O)c3cc(C)ccc3-4)ccc1-2. The first kappa shape index (κ1) is 48.5. The van der Waals surface area contributed by atoms with Crippen LogP contribution in [0.2, 0.25) is 0 Å². The van der Waals surface area contributed by atoms with Crippen LogP contribution in [0, 0.1) is 6.92 Å². The van der Waals surface area contributed by atoms with Crippen LogP contribution in [-0.2, 0) is 49.4 Å². The highest BCUT2D eigenvalue weighted by Crippen LogP contribution is 2.55. The van der Waals surface area contributed by atoms with Crippen LogP contribution in [0.3, 0.4) is 0 Å². The van der Waals surface area contributed by atoms with Gasteiger partial charge < -0.3 is 28.4 Å². The maximum absolute atomic E-state index is 11.7. The smallest absolute Gasteiger partial charge is 0.264 e. The van der Waals surface area contributed by atoms with Gasteiger partial charge in [-0.05, 0) is 100 Å². The summed E-state index contributed by atoms with van der Waals surface area (Å²) in [5.74, 6) is -0.218. The summed E-state index contributed by atoms with van der Waals surface area (Å²) in [6, 6.07) is 27.1. The molecule has 0 saturated heterocycles. The number of fused-ring (bicyclic) bond motifs is 6. The van der Waals surface area contributed by atoms with E-state index in [2.05, 4.69) is 105 Å². The molecule has 4 aromatic carbocycles. The van der Waals surface area contributed by atoms with Crippen LogP contribution in [0.5, 0.6) is 0 Å². The van der Waals surface area contributed by atoms with Crippen molar-refractivity contribution < 1.29 is 41.4 Å². The lowest BCUT2D eigenvalue weighted by Crippen LogP contribution is -2.30. The molecule has 2 aliphatic rings. The van der Waals surface area contributed by atoms with Crippen molar-refractivity contribution in [3.8, 4) is 22.3 Å². The van der Waals surface area contributed by atoms with Crippen LogP contribution in [0.25, 0.3) is 40.5 Å². The summed E-state index contributed by atoms with van der Waals surface area (Å²) in [7, 11) is -0.679. The van der Waals surface area contributed by atoms with Crippen LogP contribution in [0.4, 0.5) is 0 Å². The Morgan fingerprint density at radius 3 is 1.43 bits per heavy atom. The highest BCUT2D eigenvalue weighted by Gasteiger charge is 2.44. The Hall–Kier alpha value is -3.97. The highest BCUT2D eigenvalue weighted by atomic mass is 32.2. The minimum Gasteiger partial charge on any atom is -0.382 e. The molecule has 0 saturated carbocycles. The van der Waals surface area contributed by atoms with Gasteiger partial charge in [-0.3, -0.25) is 4.55 Å². The Labute approximate surface area is 376 Å². The lowest BCUT2D eigenvalue weighted by Gasteiger charge is -2.33. The second kappa shape index (κ2) is 23.3. The zero-order valence-corrected chi connectivity index (χ0v) is 38.7. The Kier molecular flexibility index (Phi) is 17.9. The predicted molar refractivity (Wildman–Crippen MR) is 255 cm³/mol. The third-order valence-electron chi connectivity index (χ3n) is 12.8. The molecule has 0 aromatic heterocycles. The number of unbranched alkanes of at least 4 members (excludes halogenated alkanes) is 2. The summed E-state index contributed by atoms with van der Waals surface area (Å²) in [6.07, 6.45) is 12.9. The van der Waals surface area contributed by atoms with E-state index in [0.717, 1.165) is 55.2 Å². The zero-order valence-electron chi connectivity index (χ0n) is 37.9. The predicted octanol–water partition coefficient (Wildman–Crippen LogP) is 10.7. The van der Waals surface area contributed by atoms with Crippen molar-refractivity contribution in [2.45, 2.75) is 76.0 Å². The third-order valence-corrected chi connectivity index (χ3v) is 13.6. The van der Waals surface area contributed by atoms with Crippen molar-refractivity contribution in [1.82, 2.24) is 0 Å². The van der Waals surface area contributed by atoms with Gasteiger partial charge in [0.25, 0.3) is 10.1 Å². The van der Waals surface area contributed by atoms with E-state index in [1.807, 2.05) is 6.08 Å². The van der Waals surface area contributed by atoms with Crippen LogP contribution >= 0.6 is 0 Å².